The quantitative estimate of drug-likeness (QED) is 0.313. The molecule has 0 unspecified atom stereocenters. The van der Waals surface area contributed by atoms with Gasteiger partial charge in [0, 0.05) is 20.0 Å². The van der Waals surface area contributed by atoms with Crippen molar-refractivity contribution in [3.05, 3.63) is 65.4 Å². The molecule has 1 saturated heterocycles. The average molecular weight is 443 g/mol. The van der Waals surface area contributed by atoms with E-state index in [1.165, 1.54) is 38.1 Å². The first kappa shape index (κ1) is 22.1. The van der Waals surface area contributed by atoms with Gasteiger partial charge in [-0.3, -0.25) is 0 Å². The molecule has 1 N–H and O–H groups in total. The summed E-state index contributed by atoms with van der Waals surface area (Å²) in [4.78, 5) is 23.9. The molecule has 1 heterocycles. The van der Waals surface area contributed by atoms with Gasteiger partial charge in [-0.15, -0.1) is 0 Å². The zero-order chi connectivity index (χ0) is 23.0. The lowest BCUT2D eigenvalue weighted by Crippen LogP contribution is -2.42. The zero-order valence-electron chi connectivity index (χ0n) is 16.0. The first-order chi connectivity index (χ1) is 14.4. The fourth-order valence-electron chi connectivity index (χ4n) is 2.53. The molecule has 31 heavy (non-hydrogen) atoms. The Kier molecular flexibility index (Phi) is 5.62. The molecule has 2 aromatic carbocycles. The summed E-state index contributed by atoms with van der Waals surface area (Å²) in [7, 11) is 0. The zero-order valence-corrected chi connectivity index (χ0v) is 16.0. The molecular weight excluding hydrogens is 429 g/mol. The van der Waals surface area contributed by atoms with Crippen LogP contribution in [0.2, 0.25) is 0 Å². The number of alkyl halides is 3. The summed E-state index contributed by atoms with van der Waals surface area (Å²) in [6.07, 6.45) is -3.99. The average Bonchev–Trinajstić information content (AvgIpc) is 2.63. The normalized spacial score (nSPS) is 15.8. The second-order valence-electron chi connectivity index (χ2n) is 6.75. The Bertz CT molecular complexity index is 1030. The summed E-state index contributed by atoms with van der Waals surface area (Å²) < 4.78 is 81.2. The Labute approximate surface area is 172 Å². The van der Waals surface area contributed by atoms with Crippen LogP contribution in [0.4, 0.5) is 27.6 Å². The maximum Gasteiger partial charge on any atom is 0.416 e. The summed E-state index contributed by atoms with van der Waals surface area (Å²) in [6.45, 7) is 2.73. The minimum absolute atomic E-state index is 0.0409. The lowest BCUT2D eigenvalue weighted by Gasteiger charge is -2.29. The first-order valence-corrected chi connectivity index (χ1v) is 8.64. The molecule has 0 aromatic heterocycles. The Balaban J connectivity index is 1.87. The summed E-state index contributed by atoms with van der Waals surface area (Å²) in [5.41, 5.74) is -1.96. The van der Waals surface area contributed by atoms with Gasteiger partial charge in [-0.1, -0.05) is 12.1 Å². The molecule has 11 heteroatoms. The number of hydrogen-bond acceptors (Lipinski definition) is 6. The molecule has 0 spiro atoms. The van der Waals surface area contributed by atoms with Gasteiger partial charge in [-0.2, -0.15) is 13.2 Å². The van der Waals surface area contributed by atoms with Gasteiger partial charge in [-0.25, -0.2) is 18.4 Å². The molecule has 6 nitrogen and oxygen atoms in total. The summed E-state index contributed by atoms with van der Waals surface area (Å²) in [5, 5.41) is 2.55. The maximum atomic E-state index is 14.1. The molecular formula is C20H14F5NO5. The molecule has 2 aromatic rings. The summed E-state index contributed by atoms with van der Waals surface area (Å²) >= 11 is 0. The number of para-hydroxylation sites is 2. The van der Waals surface area contributed by atoms with Gasteiger partial charge in [0.05, 0.1) is 11.3 Å². The van der Waals surface area contributed by atoms with Gasteiger partial charge in [0.15, 0.2) is 28.7 Å². The highest BCUT2D eigenvalue weighted by Gasteiger charge is 2.39. The molecule has 3 rings (SSSR count). The minimum atomic E-state index is -4.94. The first-order valence-electron chi connectivity index (χ1n) is 8.64. The number of benzene rings is 2. The largest absolute Gasteiger partial charge is 0.449 e. The Morgan fingerprint density at radius 2 is 1.55 bits per heavy atom. The number of carbonyl (C=O) groups excluding carboxylic acids is 2. The van der Waals surface area contributed by atoms with E-state index in [0.717, 1.165) is 6.20 Å². The fourth-order valence-corrected chi connectivity index (χ4v) is 2.53. The van der Waals surface area contributed by atoms with Crippen molar-refractivity contribution in [1.82, 2.24) is 0 Å². The highest BCUT2D eigenvalue weighted by atomic mass is 19.4. The van der Waals surface area contributed by atoms with E-state index in [1.54, 1.807) is 0 Å². The fraction of sp³-hybridized carbons (Fsp3) is 0.200. The predicted molar refractivity (Wildman–Crippen MR) is 95.8 cm³/mol. The van der Waals surface area contributed by atoms with Gasteiger partial charge in [0.1, 0.15) is 0 Å². The summed E-state index contributed by atoms with van der Waals surface area (Å²) in [6, 6.07) is 5.76. The number of carbonyl (C=O) groups is 2. The second kappa shape index (κ2) is 7.89. The maximum absolute atomic E-state index is 14.1. The van der Waals surface area contributed by atoms with E-state index < -0.39 is 52.4 Å². The van der Waals surface area contributed by atoms with Crippen LogP contribution in [0.25, 0.3) is 0 Å². The second-order valence-corrected chi connectivity index (χ2v) is 6.75. The van der Waals surface area contributed by atoms with E-state index in [0.29, 0.717) is 0 Å². The van der Waals surface area contributed by atoms with Crippen molar-refractivity contribution in [3.8, 4) is 11.5 Å². The van der Waals surface area contributed by atoms with Gasteiger partial charge in [0.2, 0.25) is 0 Å². The van der Waals surface area contributed by atoms with Crippen molar-refractivity contribution in [2.75, 3.05) is 5.32 Å². The SMILES string of the molecule is CC1(C)OC(=O)C(=CNc2ccccc2Oc2c(F)cc(C(F)(F)F)cc2F)C(=O)O1. The topological polar surface area (TPSA) is 73.9 Å². The van der Waals surface area contributed by atoms with Crippen LogP contribution in [-0.4, -0.2) is 17.7 Å². The molecule has 0 aliphatic carbocycles. The van der Waals surface area contributed by atoms with E-state index in [2.05, 4.69) is 5.32 Å². The van der Waals surface area contributed by atoms with Crippen LogP contribution in [0.15, 0.2) is 48.2 Å². The lowest BCUT2D eigenvalue weighted by molar-refractivity contribution is -0.222. The van der Waals surface area contributed by atoms with Gasteiger partial charge in [-0.05, 0) is 24.3 Å². The van der Waals surface area contributed by atoms with E-state index in [-0.39, 0.29) is 23.6 Å². The molecule has 1 aliphatic heterocycles. The van der Waals surface area contributed by atoms with Crippen LogP contribution in [-0.2, 0) is 25.2 Å². The van der Waals surface area contributed by atoms with Crippen molar-refractivity contribution in [1.29, 1.82) is 0 Å². The van der Waals surface area contributed by atoms with Crippen molar-refractivity contribution >= 4 is 17.6 Å². The lowest BCUT2D eigenvalue weighted by atomic mass is 10.2. The third-order valence-electron chi connectivity index (χ3n) is 3.91. The number of anilines is 1. The Morgan fingerprint density at radius 1 is 1.00 bits per heavy atom. The number of rotatable bonds is 4. The number of hydrogen-bond donors (Lipinski definition) is 1. The number of cyclic esters (lactones) is 2. The van der Waals surface area contributed by atoms with Crippen molar-refractivity contribution in [2.24, 2.45) is 0 Å². The van der Waals surface area contributed by atoms with E-state index >= 15 is 0 Å². The number of ether oxygens (including phenoxy) is 3. The van der Waals surface area contributed by atoms with Crippen LogP contribution >= 0.6 is 0 Å². The molecule has 0 atom stereocenters. The highest BCUT2D eigenvalue weighted by Crippen LogP contribution is 2.37. The van der Waals surface area contributed by atoms with Gasteiger partial charge in [0.25, 0.3) is 5.79 Å². The van der Waals surface area contributed by atoms with E-state index in [9.17, 15) is 31.5 Å². The van der Waals surface area contributed by atoms with Crippen LogP contribution in [0, 0.1) is 11.6 Å². The molecule has 0 amide bonds. The third-order valence-corrected chi connectivity index (χ3v) is 3.91. The predicted octanol–water partition coefficient (Wildman–Crippen LogP) is 4.91. The molecule has 0 bridgehead atoms. The molecule has 1 aliphatic rings. The molecule has 0 saturated carbocycles. The minimum Gasteiger partial charge on any atom is -0.449 e. The van der Waals surface area contributed by atoms with Crippen LogP contribution in [0.5, 0.6) is 11.5 Å². The Hall–Kier alpha value is -3.63. The highest BCUT2D eigenvalue weighted by molar-refractivity contribution is 6.15. The standard InChI is InChI=1S/C20H14F5NO5/c1-19(2)30-17(27)11(18(28)31-19)9-26-14-5-3-4-6-15(14)29-16-12(21)7-10(8-13(16)22)20(23,24)25/h3-9,26H,1-2H3. The number of halogens is 5. The number of nitrogens with one attached hydrogen (secondary N) is 1. The monoisotopic (exact) mass is 443 g/mol. The Morgan fingerprint density at radius 3 is 2.10 bits per heavy atom. The van der Waals surface area contributed by atoms with Crippen molar-refractivity contribution < 1.29 is 45.8 Å². The third kappa shape index (κ3) is 4.93. The molecule has 164 valence electrons. The van der Waals surface area contributed by atoms with E-state index in [1.807, 2.05) is 0 Å². The molecule has 0 radical (unpaired) electrons. The smallest absolute Gasteiger partial charge is 0.416 e. The molecule has 1 fully saturated rings. The number of esters is 2. The van der Waals surface area contributed by atoms with Gasteiger partial charge >= 0.3 is 18.1 Å². The van der Waals surface area contributed by atoms with Crippen LogP contribution in [0.3, 0.4) is 0 Å². The van der Waals surface area contributed by atoms with E-state index in [4.69, 9.17) is 14.2 Å². The van der Waals surface area contributed by atoms with Crippen molar-refractivity contribution in [3.63, 3.8) is 0 Å². The van der Waals surface area contributed by atoms with Crippen LogP contribution < -0.4 is 10.1 Å². The van der Waals surface area contributed by atoms with Crippen LogP contribution in [0.1, 0.15) is 19.4 Å². The van der Waals surface area contributed by atoms with Gasteiger partial charge < -0.3 is 19.5 Å². The van der Waals surface area contributed by atoms with Crippen molar-refractivity contribution in [2.45, 2.75) is 25.8 Å². The summed E-state index contributed by atoms with van der Waals surface area (Å²) in [5.74, 6) is -7.77.